The van der Waals surface area contributed by atoms with Crippen LogP contribution in [-0.2, 0) is 0 Å². The average Bonchev–Trinajstić information content (AvgIpc) is 2.33. The molecule has 0 aliphatic carbocycles. The van der Waals surface area contributed by atoms with Crippen LogP contribution < -0.4 is 0 Å². The number of rotatable bonds is 2. The van der Waals surface area contributed by atoms with Gasteiger partial charge in [0.05, 0.1) is 0 Å². The summed E-state index contributed by atoms with van der Waals surface area (Å²) in [6.45, 7) is 5.31. The Bertz CT molecular complexity index is 272. The van der Waals surface area contributed by atoms with Crippen LogP contribution in [-0.4, -0.2) is 16.2 Å². The molecule has 58 valence electrons. The number of aromatic carboxylic acids is 1. The van der Waals surface area contributed by atoms with Crippen LogP contribution in [0.5, 0.6) is 0 Å². The van der Waals surface area contributed by atoms with E-state index in [1.807, 2.05) is 0 Å². The summed E-state index contributed by atoms with van der Waals surface area (Å²) < 4.78 is 4.48. The number of allylic oxidation sites excluding steroid dienone is 1. The summed E-state index contributed by atoms with van der Waals surface area (Å²) in [5.41, 5.74) is 1.16. The third kappa shape index (κ3) is 1.46. The van der Waals surface area contributed by atoms with E-state index in [0.717, 1.165) is 0 Å². The van der Waals surface area contributed by atoms with Gasteiger partial charge in [0.2, 0.25) is 5.76 Å². The molecular formula is C7H7NO3. The molecule has 1 heterocycles. The van der Waals surface area contributed by atoms with Gasteiger partial charge >= 0.3 is 5.97 Å². The number of carbonyl (C=O) groups is 1. The first-order chi connectivity index (χ1) is 5.11. The maximum Gasteiger partial charge on any atom is 0.374 e. The molecule has 0 radical (unpaired) electrons. The first-order valence-corrected chi connectivity index (χ1v) is 2.97. The van der Waals surface area contributed by atoms with Gasteiger partial charge in [-0.05, 0) is 12.5 Å². The van der Waals surface area contributed by atoms with Crippen molar-refractivity contribution in [1.82, 2.24) is 5.16 Å². The average molecular weight is 153 g/mol. The van der Waals surface area contributed by atoms with Gasteiger partial charge in [-0.3, -0.25) is 0 Å². The highest BCUT2D eigenvalue weighted by Crippen LogP contribution is 2.10. The molecule has 0 saturated carbocycles. The predicted octanol–water partition coefficient (Wildman–Crippen LogP) is 1.41. The lowest BCUT2D eigenvalue weighted by Crippen LogP contribution is -1.91. The van der Waals surface area contributed by atoms with E-state index >= 15 is 0 Å². The monoisotopic (exact) mass is 153 g/mol. The van der Waals surface area contributed by atoms with Crippen molar-refractivity contribution in [2.75, 3.05) is 0 Å². The zero-order valence-corrected chi connectivity index (χ0v) is 6.00. The van der Waals surface area contributed by atoms with Crippen LogP contribution >= 0.6 is 0 Å². The number of aromatic nitrogens is 1. The lowest BCUT2D eigenvalue weighted by atomic mass is 10.2. The van der Waals surface area contributed by atoms with Crippen LogP contribution in [0.4, 0.5) is 0 Å². The molecule has 1 N–H and O–H groups in total. The van der Waals surface area contributed by atoms with Crippen molar-refractivity contribution in [1.29, 1.82) is 0 Å². The predicted molar refractivity (Wildman–Crippen MR) is 38.2 cm³/mol. The Morgan fingerprint density at radius 3 is 2.73 bits per heavy atom. The molecule has 0 aliphatic rings. The summed E-state index contributed by atoms with van der Waals surface area (Å²) in [5, 5.41) is 11.9. The van der Waals surface area contributed by atoms with Crippen LogP contribution in [0.25, 0.3) is 5.57 Å². The van der Waals surface area contributed by atoms with Gasteiger partial charge in [0.25, 0.3) is 0 Å². The van der Waals surface area contributed by atoms with Crippen molar-refractivity contribution in [2.24, 2.45) is 0 Å². The zero-order valence-electron chi connectivity index (χ0n) is 6.00. The number of carboxylic acids is 1. The summed E-state index contributed by atoms with van der Waals surface area (Å²) in [5.74, 6) is -1.28. The molecular weight excluding hydrogens is 146 g/mol. The molecule has 0 aliphatic heterocycles. The summed E-state index contributed by atoms with van der Waals surface area (Å²) in [4.78, 5) is 10.3. The first kappa shape index (κ1) is 7.53. The van der Waals surface area contributed by atoms with Crippen LogP contribution in [0.1, 0.15) is 23.2 Å². The standard InChI is InChI=1S/C7H7NO3/c1-4(2)5-3-6(7(9)10)11-8-5/h3H,1H2,2H3,(H,9,10). The van der Waals surface area contributed by atoms with Crippen molar-refractivity contribution in [3.05, 3.63) is 24.1 Å². The maximum absolute atomic E-state index is 10.3. The Kier molecular flexibility index (Phi) is 1.76. The number of hydrogen-bond acceptors (Lipinski definition) is 3. The minimum absolute atomic E-state index is 0.164. The fourth-order valence-electron chi connectivity index (χ4n) is 0.577. The van der Waals surface area contributed by atoms with Crippen molar-refractivity contribution >= 4 is 11.5 Å². The molecule has 0 bridgehead atoms. The van der Waals surface area contributed by atoms with Gasteiger partial charge in [-0.1, -0.05) is 11.7 Å². The van der Waals surface area contributed by atoms with E-state index in [-0.39, 0.29) is 5.76 Å². The summed E-state index contributed by atoms with van der Waals surface area (Å²) >= 11 is 0. The Labute approximate surface area is 63.1 Å². The molecule has 0 aromatic carbocycles. The number of nitrogens with zero attached hydrogens (tertiary/aromatic N) is 1. The maximum atomic E-state index is 10.3. The molecule has 0 unspecified atom stereocenters. The number of hydrogen-bond donors (Lipinski definition) is 1. The Morgan fingerprint density at radius 1 is 1.82 bits per heavy atom. The first-order valence-electron chi connectivity index (χ1n) is 2.97. The van der Waals surface area contributed by atoms with Crippen molar-refractivity contribution in [2.45, 2.75) is 6.92 Å². The zero-order chi connectivity index (χ0) is 8.43. The van der Waals surface area contributed by atoms with Crippen molar-refractivity contribution in [3.63, 3.8) is 0 Å². The van der Waals surface area contributed by atoms with Gasteiger partial charge in [0.15, 0.2) is 0 Å². The molecule has 0 amide bonds. The van der Waals surface area contributed by atoms with Gasteiger partial charge in [-0.15, -0.1) is 0 Å². The molecule has 0 saturated heterocycles. The minimum Gasteiger partial charge on any atom is -0.475 e. The smallest absolute Gasteiger partial charge is 0.374 e. The van der Waals surface area contributed by atoms with Gasteiger partial charge < -0.3 is 9.63 Å². The van der Waals surface area contributed by atoms with E-state index in [1.54, 1.807) is 6.92 Å². The van der Waals surface area contributed by atoms with Crippen LogP contribution in [0.15, 0.2) is 17.2 Å². The van der Waals surface area contributed by atoms with Gasteiger partial charge in [0.1, 0.15) is 5.69 Å². The fourth-order valence-corrected chi connectivity index (χ4v) is 0.577. The largest absolute Gasteiger partial charge is 0.475 e. The minimum atomic E-state index is -1.12. The molecule has 0 atom stereocenters. The van der Waals surface area contributed by atoms with Crippen LogP contribution in [0.2, 0.25) is 0 Å². The SMILES string of the molecule is C=C(C)c1cc(C(=O)O)on1. The quantitative estimate of drug-likeness (QED) is 0.697. The molecule has 1 rings (SSSR count). The Morgan fingerprint density at radius 2 is 2.45 bits per heavy atom. The second-order valence-corrected chi connectivity index (χ2v) is 2.16. The summed E-state index contributed by atoms with van der Waals surface area (Å²) in [6.07, 6.45) is 0. The summed E-state index contributed by atoms with van der Waals surface area (Å²) in [7, 11) is 0. The Balaban J connectivity index is 2.99. The van der Waals surface area contributed by atoms with Gasteiger partial charge in [0, 0.05) is 6.07 Å². The van der Waals surface area contributed by atoms with Gasteiger partial charge in [-0.2, -0.15) is 0 Å². The second kappa shape index (κ2) is 2.57. The van der Waals surface area contributed by atoms with E-state index in [0.29, 0.717) is 11.3 Å². The topological polar surface area (TPSA) is 63.3 Å². The highest BCUT2D eigenvalue weighted by atomic mass is 16.5. The normalized spacial score (nSPS) is 9.55. The second-order valence-electron chi connectivity index (χ2n) is 2.16. The molecule has 4 heteroatoms. The van der Waals surface area contributed by atoms with Crippen molar-refractivity contribution in [3.8, 4) is 0 Å². The summed E-state index contributed by atoms with van der Waals surface area (Å²) in [6, 6.07) is 1.34. The third-order valence-corrected chi connectivity index (χ3v) is 1.16. The van der Waals surface area contributed by atoms with Gasteiger partial charge in [-0.25, -0.2) is 4.79 Å². The van der Waals surface area contributed by atoms with E-state index in [4.69, 9.17) is 5.11 Å². The Hall–Kier alpha value is -1.58. The molecule has 0 spiro atoms. The van der Waals surface area contributed by atoms with E-state index in [9.17, 15) is 4.79 Å². The lowest BCUT2D eigenvalue weighted by molar-refractivity contribution is 0.0652. The van der Waals surface area contributed by atoms with E-state index in [1.165, 1.54) is 6.07 Å². The highest BCUT2D eigenvalue weighted by molar-refractivity contribution is 5.85. The highest BCUT2D eigenvalue weighted by Gasteiger charge is 2.10. The number of carboxylic acid groups (broad SMARTS) is 1. The van der Waals surface area contributed by atoms with E-state index in [2.05, 4.69) is 16.3 Å². The van der Waals surface area contributed by atoms with Crippen LogP contribution in [0, 0.1) is 0 Å². The molecule has 1 aromatic heterocycles. The van der Waals surface area contributed by atoms with E-state index < -0.39 is 5.97 Å². The lowest BCUT2D eigenvalue weighted by Gasteiger charge is -1.83. The van der Waals surface area contributed by atoms with Crippen molar-refractivity contribution < 1.29 is 14.4 Å². The molecule has 11 heavy (non-hydrogen) atoms. The molecule has 4 nitrogen and oxygen atoms in total. The van der Waals surface area contributed by atoms with Crippen LogP contribution in [0.3, 0.4) is 0 Å². The molecule has 0 fully saturated rings. The third-order valence-electron chi connectivity index (χ3n) is 1.16. The fraction of sp³-hybridized carbons (Fsp3) is 0.143. The molecule has 1 aromatic rings.